The van der Waals surface area contributed by atoms with E-state index in [9.17, 15) is 24.6 Å². The number of benzene rings is 2. The Balaban J connectivity index is 0.819. The zero-order valence-corrected chi connectivity index (χ0v) is 37.5. The lowest BCUT2D eigenvalue weighted by Gasteiger charge is -2.35. The van der Waals surface area contributed by atoms with Gasteiger partial charge >= 0.3 is 0 Å². The van der Waals surface area contributed by atoms with Crippen LogP contribution in [0.15, 0.2) is 72.5 Å². The van der Waals surface area contributed by atoms with E-state index in [2.05, 4.69) is 35.8 Å². The summed E-state index contributed by atoms with van der Waals surface area (Å²) < 4.78 is 1.97. The van der Waals surface area contributed by atoms with E-state index >= 15 is 0 Å². The number of nitrogens with zero attached hydrogens (tertiary/aromatic N) is 7. The molecule has 16 heteroatoms. The Hall–Kier alpha value is -5.71. The Morgan fingerprint density at radius 1 is 0.984 bits per heavy atom. The molecule has 0 aliphatic carbocycles. The van der Waals surface area contributed by atoms with Gasteiger partial charge in [0.15, 0.2) is 5.82 Å². The summed E-state index contributed by atoms with van der Waals surface area (Å²) in [6.45, 7) is 11.8. The predicted molar refractivity (Wildman–Crippen MR) is 244 cm³/mol. The van der Waals surface area contributed by atoms with Crippen LogP contribution in [0.5, 0.6) is 5.75 Å². The molecule has 0 radical (unpaired) electrons. The van der Waals surface area contributed by atoms with E-state index in [0.717, 1.165) is 84.7 Å². The summed E-state index contributed by atoms with van der Waals surface area (Å²) >= 11 is 1.59. The van der Waals surface area contributed by atoms with Gasteiger partial charge in [0.25, 0.3) is 0 Å². The molecule has 7 rings (SSSR count). The zero-order valence-electron chi connectivity index (χ0n) is 36.7. The van der Waals surface area contributed by atoms with Crippen LogP contribution in [0.25, 0.3) is 32.8 Å². The average molecular weight is 877 g/mol. The van der Waals surface area contributed by atoms with Gasteiger partial charge in [-0.3, -0.25) is 19.1 Å². The number of hydrogen-bond acceptors (Lipinski definition) is 12. The number of nitrogens with two attached hydrogens (primary N) is 1. The monoisotopic (exact) mass is 876 g/mol. The van der Waals surface area contributed by atoms with Crippen molar-refractivity contribution in [1.82, 2.24) is 45.4 Å². The lowest BCUT2D eigenvalue weighted by molar-refractivity contribution is -0.144. The van der Waals surface area contributed by atoms with Crippen molar-refractivity contribution in [2.24, 2.45) is 11.3 Å². The molecule has 2 aliphatic rings. The van der Waals surface area contributed by atoms with Crippen molar-refractivity contribution >= 4 is 34.9 Å². The number of aromatic nitrogens is 5. The van der Waals surface area contributed by atoms with E-state index in [0.29, 0.717) is 35.8 Å². The number of carbonyl (C=O) groups excluding carboxylic acids is 3. The molecule has 3 amide bonds. The third kappa shape index (κ3) is 11.5. The van der Waals surface area contributed by atoms with Crippen molar-refractivity contribution < 1.29 is 24.6 Å². The summed E-state index contributed by atoms with van der Waals surface area (Å²) in [5.41, 5.74) is 13.1. The lowest BCUT2D eigenvalue weighted by atomic mass is 9.85. The molecule has 2 aliphatic heterocycles. The van der Waals surface area contributed by atoms with Gasteiger partial charge < -0.3 is 36.4 Å². The normalized spacial score (nSPS) is 17.8. The molecule has 2 saturated heterocycles. The Morgan fingerprint density at radius 2 is 1.75 bits per heavy atom. The molecule has 63 heavy (non-hydrogen) atoms. The lowest BCUT2D eigenvalue weighted by Crippen LogP contribution is -2.57. The van der Waals surface area contributed by atoms with Crippen molar-refractivity contribution in [2.75, 3.05) is 31.9 Å². The van der Waals surface area contributed by atoms with Crippen LogP contribution in [-0.2, 0) is 27.5 Å². The number of β-amino-alcohol motifs (C(OH)–C–C–N with tert-alkyl or cyclic N) is 1. The average Bonchev–Trinajstić information content (AvgIpc) is 4.02. The number of para-hydroxylation sites is 1. The maximum Gasteiger partial charge on any atom is 0.246 e. The van der Waals surface area contributed by atoms with Gasteiger partial charge in [0.2, 0.25) is 17.7 Å². The highest BCUT2D eigenvalue weighted by atomic mass is 32.1. The summed E-state index contributed by atoms with van der Waals surface area (Å²) in [5.74, 6) is 0.0516. The largest absolute Gasteiger partial charge is 0.507 e. The van der Waals surface area contributed by atoms with Crippen LogP contribution >= 0.6 is 11.3 Å². The summed E-state index contributed by atoms with van der Waals surface area (Å²) in [7, 11) is 0. The van der Waals surface area contributed by atoms with Gasteiger partial charge in [0.1, 0.15) is 17.8 Å². The SMILES string of the molecule is Cc1ncsc1-c1ccc(CNC(=O)[C@@H]2C[C@@H](O)CN2C(=O)C(NC(=O)CCCCCN2CCC(Cn3cc(-c4cc(-c5ccccc5O)nnc4N)cn3)CC2)C(C)(C)C)cc1. The van der Waals surface area contributed by atoms with Crippen LogP contribution in [0.1, 0.15) is 77.0 Å². The molecule has 0 saturated carbocycles. The van der Waals surface area contributed by atoms with Crippen molar-refractivity contribution in [3.05, 3.63) is 83.8 Å². The van der Waals surface area contributed by atoms with Crippen LogP contribution in [0.2, 0.25) is 0 Å². The van der Waals surface area contributed by atoms with E-state index in [1.165, 1.54) is 4.90 Å². The number of unbranched alkanes of at least 4 members (excludes halogenated alkanes) is 2. The number of thiazole rings is 1. The molecule has 5 heterocycles. The fraction of sp³-hybridized carbons (Fsp3) is 0.468. The van der Waals surface area contributed by atoms with Crippen molar-refractivity contribution in [2.45, 2.75) is 104 Å². The first-order valence-corrected chi connectivity index (χ1v) is 22.8. The topological polar surface area (TPSA) is 205 Å². The van der Waals surface area contributed by atoms with Gasteiger partial charge in [-0.25, -0.2) is 4.98 Å². The first-order valence-electron chi connectivity index (χ1n) is 21.9. The minimum atomic E-state index is -0.850. The van der Waals surface area contributed by atoms with E-state index in [4.69, 9.17) is 5.73 Å². The Kier molecular flexibility index (Phi) is 14.5. The highest BCUT2D eigenvalue weighted by Gasteiger charge is 2.44. The highest BCUT2D eigenvalue weighted by molar-refractivity contribution is 7.13. The fourth-order valence-corrected chi connectivity index (χ4v) is 9.34. The van der Waals surface area contributed by atoms with Gasteiger partial charge in [-0.1, -0.05) is 63.6 Å². The van der Waals surface area contributed by atoms with Gasteiger partial charge in [0, 0.05) is 55.4 Å². The van der Waals surface area contributed by atoms with Crippen LogP contribution in [0, 0.1) is 18.3 Å². The number of likely N-dealkylation sites (tertiary alicyclic amines) is 2. The molecule has 15 nitrogen and oxygen atoms in total. The number of aryl methyl sites for hydroxylation is 1. The Labute approximate surface area is 373 Å². The quantitative estimate of drug-likeness (QED) is 0.0749. The molecule has 2 fully saturated rings. The number of aliphatic hydroxyl groups is 1. The van der Waals surface area contributed by atoms with Crippen LogP contribution in [0.4, 0.5) is 5.82 Å². The van der Waals surface area contributed by atoms with Crippen molar-refractivity contribution in [1.29, 1.82) is 0 Å². The van der Waals surface area contributed by atoms with Crippen molar-refractivity contribution in [3.63, 3.8) is 0 Å². The molecule has 3 atom stereocenters. The number of aromatic hydroxyl groups is 1. The first-order chi connectivity index (χ1) is 30.2. The Morgan fingerprint density at radius 3 is 2.46 bits per heavy atom. The number of amides is 3. The third-order valence-corrected chi connectivity index (χ3v) is 13.2. The molecular weight excluding hydrogens is 817 g/mol. The second kappa shape index (κ2) is 20.2. The van der Waals surface area contributed by atoms with Crippen LogP contribution in [-0.4, -0.2) is 107 Å². The van der Waals surface area contributed by atoms with Gasteiger partial charge in [-0.05, 0) is 92.9 Å². The number of hydrogen-bond donors (Lipinski definition) is 5. The number of piperidine rings is 1. The number of anilines is 1. The molecule has 0 spiro atoms. The minimum Gasteiger partial charge on any atom is -0.507 e. The number of nitrogen functional groups attached to an aromatic ring is 1. The third-order valence-electron chi connectivity index (χ3n) is 12.2. The van der Waals surface area contributed by atoms with E-state index in [-0.39, 0.29) is 43.0 Å². The molecule has 6 N–H and O–H groups in total. The number of aliphatic hydroxyl groups excluding tert-OH is 1. The molecule has 5 aromatic rings. The second-order valence-corrected chi connectivity index (χ2v) is 18.9. The Bertz CT molecular complexity index is 2350. The smallest absolute Gasteiger partial charge is 0.246 e. The summed E-state index contributed by atoms with van der Waals surface area (Å²) in [6.07, 6.45) is 8.10. The highest BCUT2D eigenvalue weighted by Crippen LogP contribution is 2.33. The number of phenolic OH excluding ortho intramolecular Hbond substituents is 1. The van der Waals surface area contributed by atoms with Gasteiger partial charge in [0.05, 0.1) is 34.1 Å². The second-order valence-electron chi connectivity index (χ2n) is 18.0. The van der Waals surface area contributed by atoms with Crippen LogP contribution in [0.3, 0.4) is 0 Å². The van der Waals surface area contributed by atoms with Crippen molar-refractivity contribution in [3.8, 4) is 38.6 Å². The minimum absolute atomic E-state index is 0.0348. The maximum atomic E-state index is 14.0. The molecule has 3 aromatic heterocycles. The summed E-state index contributed by atoms with van der Waals surface area (Å²) in [5, 5.41) is 39.8. The molecule has 334 valence electrons. The van der Waals surface area contributed by atoms with Gasteiger partial charge in [-0.2, -0.15) is 5.10 Å². The van der Waals surface area contributed by atoms with E-state index in [1.807, 2.05) is 80.5 Å². The standard InChI is InChI=1S/C47H60N10O5S/c1-30-42(63-29-50-30)33-15-13-31(14-16-33)24-49-45(61)39-22-35(58)28-57(39)46(62)43(47(2,3)4)52-41(60)12-6-5-9-19-55-20-17-32(18-21-55)26-56-27-34(25-51-56)37-23-38(53-54-44(37)48)36-10-7-8-11-40(36)59/h7-8,10-11,13-16,23,25,27,29,32,35,39,43,58-59H,5-6,9,12,17-22,24,26,28H2,1-4H3,(H2,48,54)(H,49,61)(H,52,60)/t35-,39+,43?/m1/s1. The number of phenols is 1. The zero-order chi connectivity index (χ0) is 44.7. The van der Waals surface area contributed by atoms with Crippen LogP contribution < -0.4 is 16.4 Å². The number of rotatable bonds is 16. The fourth-order valence-electron chi connectivity index (χ4n) is 8.53. The first kappa shape index (κ1) is 45.3. The predicted octanol–water partition coefficient (Wildman–Crippen LogP) is 5.81. The number of carbonyl (C=O) groups is 3. The maximum absolute atomic E-state index is 14.0. The van der Waals surface area contributed by atoms with E-state index in [1.54, 1.807) is 35.7 Å². The molecule has 0 bridgehead atoms. The summed E-state index contributed by atoms with van der Waals surface area (Å²) in [4.78, 5) is 50.1. The molecular formula is C47H60N10O5S. The number of nitrogens with one attached hydrogen (secondary N) is 2. The molecule has 1 unspecified atom stereocenters. The van der Waals surface area contributed by atoms with Gasteiger partial charge in [-0.15, -0.1) is 21.5 Å². The summed E-state index contributed by atoms with van der Waals surface area (Å²) in [6, 6.07) is 15.1. The molecule has 2 aromatic carbocycles. The van der Waals surface area contributed by atoms with E-state index < -0.39 is 23.6 Å².